The van der Waals surface area contributed by atoms with Crippen molar-refractivity contribution in [3.8, 4) is 0 Å². The molecule has 0 aromatic rings. The first-order chi connectivity index (χ1) is 7.77. The Bertz CT molecular complexity index is 197. The van der Waals surface area contributed by atoms with Crippen molar-refractivity contribution in [1.29, 1.82) is 0 Å². The van der Waals surface area contributed by atoms with E-state index < -0.39 is 0 Å². The minimum atomic E-state index is 0.206. The Morgan fingerprint density at radius 3 is 2.56 bits per heavy atom. The second-order valence-corrected chi connectivity index (χ2v) is 4.31. The second-order valence-electron chi connectivity index (χ2n) is 4.31. The van der Waals surface area contributed by atoms with Gasteiger partial charge in [0.2, 0.25) is 5.91 Å². The molecule has 1 rings (SSSR count). The highest BCUT2D eigenvalue weighted by atomic mass is 16.5. The van der Waals surface area contributed by atoms with E-state index in [9.17, 15) is 4.79 Å². The summed E-state index contributed by atoms with van der Waals surface area (Å²) in [5.41, 5.74) is 0. The van der Waals surface area contributed by atoms with Crippen LogP contribution in [0.4, 0.5) is 0 Å². The van der Waals surface area contributed by atoms with Gasteiger partial charge in [0.25, 0.3) is 0 Å². The van der Waals surface area contributed by atoms with E-state index in [0.29, 0.717) is 13.0 Å². The van der Waals surface area contributed by atoms with E-state index >= 15 is 0 Å². The summed E-state index contributed by atoms with van der Waals surface area (Å²) in [5, 5.41) is 3.32. The fourth-order valence-electron chi connectivity index (χ4n) is 1.99. The molecule has 0 aliphatic carbocycles. The maximum Gasteiger partial charge on any atom is 0.224 e. The number of morpholine rings is 1. The SMILES string of the molecule is CCCN(CCC)C(=O)CC1COCCN1. The van der Waals surface area contributed by atoms with Gasteiger partial charge in [-0.1, -0.05) is 13.8 Å². The zero-order chi connectivity index (χ0) is 11.8. The van der Waals surface area contributed by atoms with Gasteiger partial charge in [-0.2, -0.15) is 0 Å². The Balaban J connectivity index is 2.34. The Morgan fingerprint density at radius 2 is 2.06 bits per heavy atom. The van der Waals surface area contributed by atoms with Crippen molar-refractivity contribution in [2.24, 2.45) is 0 Å². The second kappa shape index (κ2) is 7.63. The lowest BCUT2D eigenvalue weighted by atomic mass is 10.1. The van der Waals surface area contributed by atoms with E-state index in [4.69, 9.17) is 4.74 Å². The summed E-state index contributed by atoms with van der Waals surface area (Å²) < 4.78 is 5.35. The molecule has 16 heavy (non-hydrogen) atoms. The van der Waals surface area contributed by atoms with Gasteiger partial charge >= 0.3 is 0 Å². The van der Waals surface area contributed by atoms with Crippen LogP contribution in [0.15, 0.2) is 0 Å². The van der Waals surface area contributed by atoms with Gasteiger partial charge in [-0.15, -0.1) is 0 Å². The van der Waals surface area contributed by atoms with Crippen LogP contribution >= 0.6 is 0 Å². The number of ether oxygens (including phenoxy) is 1. The molecule has 0 saturated carbocycles. The van der Waals surface area contributed by atoms with Gasteiger partial charge in [0.05, 0.1) is 13.2 Å². The van der Waals surface area contributed by atoms with Crippen molar-refractivity contribution in [3.63, 3.8) is 0 Å². The summed E-state index contributed by atoms with van der Waals surface area (Å²) in [6.07, 6.45) is 2.63. The molecule has 1 saturated heterocycles. The Labute approximate surface area is 98.3 Å². The molecule has 1 atom stereocenters. The van der Waals surface area contributed by atoms with E-state index in [2.05, 4.69) is 19.2 Å². The number of hydrogen-bond acceptors (Lipinski definition) is 3. The lowest BCUT2D eigenvalue weighted by Gasteiger charge is -2.27. The molecule has 0 radical (unpaired) electrons. The highest BCUT2D eigenvalue weighted by molar-refractivity contribution is 5.76. The number of nitrogens with one attached hydrogen (secondary N) is 1. The van der Waals surface area contributed by atoms with E-state index in [1.165, 1.54) is 0 Å². The fraction of sp³-hybridized carbons (Fsp3) is 0.917. The standard InChI is InChI=1S/C12H24N2O2/c1-3-6-14(7-4-2)12(15)9-11-10-16-8-5-13-11/h11,13H,3-10H2,1-2H3. The molecular weight excluding hydrogens is 204 g/mol. The summed E-state index contributed by atoms with van der Waals surface area (Å²) in [6.45, 7) is 8.26. The summed E-state index contributed by atoms with van der Waals surface area (Å²) in [6, 6.07) is 0.206. The quantitative estimate of drug-likeness (QED) is 0.738. The van der Waals surface area contributed by atoms with E-state index in [1.54, 1.807) is 0 Å². The third-order valence-electron chi connectivity index (χ3n) is 2.76. The summed E-state index contributed by atoms with van der Waals surface area (Å²) in [4.78, 5) is 14.0. The Morgan fingerprint density at radius 1 is 1.38 bits per heavy atom. The normalized spacial score (nSPS) is 20.8. The predicted octanol–water partition coefficient (Wildman–Crippen LogP) is 1.01. The molecule has 1 unspecified atom stereocenters. The maximum absolute atomic E-state index is 12.0. The Hall–Kier alpha value is -0.610. The van der Waals surface area contributed by atoms with Crippen molar-refractivity contribution < 1.29 is 9.53 Å². The van der Waals surface area contributed by atoms with Crippen molar-refractivity contribution >= 4 is 5.91 Å². The summed E-state index contributed by atoms with van der Waals surface area (Å²) >= 11 is 0. The van der Waals surface area contributed by atoms with Crippen LogP contribution in [0.25, 0.3) is 0 Å². The number of amides is 1. The number of carbonyl (C=O) groups excluding carboxylic acids is 1. The van der Waals surface area contributed by atoms with Gasteiger partial charge in [-0.25, -0.2) is 0 Å². The summed E-state index contributed by atoms with van der Waals surface area (Å²) in [5.74, 6) is 0.256. The maximum atomic E-state index is 12.0. The van der Waals surface area contributed by atoms with Crippen LogP contribution in [0.3, 0.4) is 0 Å². The van der Waals surface area contributed by atoms with Gasteiger partial charge in [0.1, 0.15) is 0 Å². The average molecular weight is 228 g/mol. The van der Waals surface area contributed by atoms with Crippen LogP contribution < -0.4 is 5.32 Å². The molecule has 1 amide bonds. The monoisotopic (exact) mass is 228 g/mol. The number of carbonyl (C=O) groups is 1. The minimum absolute atomic E-state index is 0.206. The van der Waals surface area contributed by atoms with Gasteiger partial charge in [0.15, 0.2) is 0 Å². The van der Waals surface area contributed by atoms with E-state index in [0.717, 1.165) is 39.1 Å². The van der Waals surface area contributed by atoms with Crippen LogP contribution in [0.2, 0.25) is 0 Å². The Kier molecular flexibility index (Phi) is 6.42. The molecule has 0 spiro atoms. The molecule has 4 nitrogen and oxygen atoms in total. The number of nitrogens with zero attached hydrogens (tertiary/aromatic N) is 1. The first-order valence-corrected chi connectivity index (χ1v) is 6.36. The average Bonchev–Trinajstić information content (AvgIpc) is 2.30. The highest BCUT2D eigenvalue weighted by Crippen LogP contribution is 2.04. The largest absolute Gasteiger partial charge is 0.378 e. The fourth-order valence-corrected chi connectivity index (χ4v) is 1.99. The van der Waals surface area contributed by atoms with Crippen molar-refractivity contribution in [1.82, 2.24) is 10.2 Å². The first kappa shape index (κ1) is 13.5. The van der Waals surface area contributed by atoms with Crippen LogP contribution in [0, 0.1) is 0 Å². The topological polar surface area (TPSA) is 41.6 Å². The third kappa shape index (κ3) is 4.49. The van der Waals surface area contributed by atoms with Crippen molar-refractivity contribution in [2.45, 2.75) is 39.2 Å². The molecule has 1 aliphatic rings. The van der Waals surface area contributed by atoms with Crippen molar-refractivity contribution in [3.05, 3.63) is 0 Å². The molecule has 1 heterocycles. The van der Waals surface area contributed by atoms with E-state index in [-0.39, 0.29) is 11.9 Å². The minimum Gasteiger partial charge on any atom is -0.378 e. The highest BCUT2D eigenvalue weighted by Gasteiger charge is 2.20. The van der Waals surface area contributed by atoms with Crippen LogP contribution in [-0.2, 0) is 9.53 Å². The molecular formula is C12H24N2O2. The molecule has 4 heteroatoms. The third-order valence-corrected chi connectivity index (χ3v) is 2.76. The van der Waals surface area contributed by atoms with Crippen LogP contribution in [-0.4, -0.2) is 49.7 Å². The van der Waals surface area contributed by atoms with Crippen molar-refractivity contribution in [2.75, 3.05) is 32.8 Å². The molecule has 1 aliphatic heterocycles. The van der Waals surface area contributed by atoms with Gasteiger partial charge in [-0.3, -0.25) is 4.79 Å². The van der Waals surface area contributed by atoms with Gasteiger partial charge < -0.3 is 15.0 Å². The molecule has 1 fully saturated rings. The zero-order valence-electron chi connectivity index (χ0n) is 10.5. The summed E-state index contributed by atoms with van der Waals surface area (Å²) in [7, 11) is 0. The molecule has 0 aromatic heterocycles. The number of rotatable bonds is 6. The van der Waals surface area contributed by atoms with Gasteiger partial charge in [0, 0.05) is 32.1 Å². The van der Waals surface area contributed by atoms with Gasteiger partial charge in [-0.05, 0) is 12.8 Å². The van der Waals surface area contributed by atoms with E-state index in [1.807, 2.05) is 4.90 Å². The molecule has 0 bridgehead atoms. The first-order valence-electron chi connectivity index (χ1n) is 6.36. The molecule has 0 aromatic carbocycles. The molecule has 94 valence electrons. The lowest BCUT2D eigenvalue weighted by molar-refractivity contribution is -0.132. The zero-order valence-corrected chi connectivity index (χ0v) is 10.5. The lowest BCUT2D eigenvalue weighted by Crippen LogP contribution is -2.45. The van der Waals surface area contributed by atoms with Crippen LogP contribution in [0.5, 0.6) is 0 Å². The van der Waals surface area contributed by atoms with Crippen LogP contribution in [0.1, 0.15) is 33.1 Å². The predicted molar refractivity (Wildman–Crippen MR) is 64.4 cm³/mol. The number of hydrogen-bond donors (Lipinski definition) is 1. The smallest absolute Gasteiger partial charge is 0.224 e. The molecule has 1 N–H and O–H groups in total.